The quantitative estimate of drug-likeness (QED) is 0.372. The zero-order valence-corrected chi connectivity index (χ0v) is 16.7. The van der Waals surface area contributed by atoms with Crippen LogP contribution in [0.15, 0.2) is 53.4 Å². The van der Waals surface area contributed by atoms with E-state index in [0.717, 1.165) is 26.5 Å². The highest BCUT2D eigenvalue weighted by atomic mass is 127. The Hall–Kier alpha value is -2.13. The van der Waals surface area contributed by atoms with E-state index in [9.17, 15) is 14.4 Å². The first kappa shape index (κ1) is 18.7. The average Bonchev–Trinajstić information content (AvgIpc) is 2.91. The van der Waals surface area contributed by atoms with E-state index in [1.807, 2.05) is 24.3 Å². The number of carbonyl (C=O) groups excluding carboxylic acids is 3. The average molecular weight is 479 g/mol. The maximum Gasteiger partial charge on any atom is 0.337 e. The molecule has 0 bridgehead atoms. The third kappa shape index (κ3) is 4.16. The molecule has 0 spiro atoms. The maximum atomic E-state index is 12.6. The topological polar surface area (TPSA) is 63.7 Å². The van der Waals surface area contributed by atoms with Crippen LogP contribution < -0.4 is 0 Å². The van der Waals surface area contributed by atoms with E-state index in [1.54, 1.807) is 30.3 Å². The Balaban J connectivity index is 1.76. The molecule has 1 heterocycles. The van der Waals surface area contributed by atoms with E-state index in [1.165, 1.54) is 12.0 Å². The summed E-state index contributed by atoms with van der Waals surface area (Å²) in [5, 5.41) is -0.286. The van der Waals surface area contributed by atoms with Gasteiger partial charge in [0, 0.05) is 3.57 Å². The highest BCUT2D eigenvalue weighted by Gasteiger charge is 2.34. The number of hydrogen-bond donors (Lipinski definition) is 0. The standard InChI is InChI=1S/C19H14INO4S/c1-25-18(23)14-6-2-12(3-7-14)10-16-17(22)21(19(24)26-16)11-13-4-8-15(20)9-5-13/h2-10H,11H2,1H3/b16-10+. The van der Waals surface area contributed by atoms with Crippen molar-refractivity contribution in [3.63, 3.8) is 0 Å². The second-order valence-electron chi connectivity index (χ2n) is 5.51. The Bertz CT molecular complexity index is 891. The summed E-state index contributed by atoms with van der Waals surface area (Å²) in [6.07, 6.45) is 1.65. The SMILES string of the molecule is COC(=O)c1ccc(/C=C2/SC(=O)N(Cc3ccc(I)cc3)C2=O)cc1. The third-order valence-corrected chi connectivity index (χ3v) is 5.38. The van der Waals surface area contributed by atoms with Crippen LogP contribution in [0.4, 0.5) is 4.79 Å². The molecule has 1 saturated heterocycles. The number of imide groups is 1. The van der Waals surface area contributed by atoms with Crippen LogP contribution in [-0.2, 0) is 16.1 Å². The summed E-state index contributed by atoms with van der Waals surface area (Å²) in [5.41, 5.74) is 2.06. The van der Waals surface area contributed by atoms with Gasteiger partial charge in [-0.3, -0.25) is 14.5 Å². The van der Waals surface area contributed by atoms with Gasteiger partial charge in [0.15, 0.2) is 0 Å². The van der Waals surface area contributed by atoms with Crippen LogP contribution in [0.3, 0.4) is 0 Å². The van der Waals surface area contributed by atoms with Crippen molar-refractivity contribution in [3.05, 3.63) is 73.7 Å². The zero-order chi connectivity index (χ0) is 18.7. The highest BCUT2D eigenvalue weighted by molar-refractivity contribution is 14.1. The number of amides is 2. The van der Waals surface area contributed by atoms with E-state index in [4.69, 9.17) is 0 Å². The van der Waals surface area contributed by atoms with Crippen LogP contribution in [0, 0.1) is 3.57 Å². The summed E-state index contributed by atoms with van der Waals surface area (Å²) in [4.78, 5) is 37.8. The van der Waals surface area contributed by atoms with Crippen LogP contribution in [0.5, 0.6) is 0 Å². The summed E-state index contributed by atoms with van der Waals surface area (Å²) in [6.45, 7) is 0.250. The molecule has 0 aromatic heterocycles. The number of halogens is 1. The molecule has 132 valence electrons. The molecule has 1 aliphatic heterocycles. The van der Waals surface area contributed by atoms with Gasteiger partial charge in [0.2, 0.25) is 0 Å². The number of rotatable bonds is 4. The maximum absolute atomic E-state index is 12.6. The van der Waals surface area contributed by atoms with Crippen molar-refractivity contribution in [2.24, 2.45) is 0 Å². The van der Waals surface area contributed by atoms with Crippen LogP contribution in [-0.4, -0.2) is 29.1 Å². The number of hydrogen-bond acceptors (Lipinski definition) is 5. The van der Waals surface area contributed by atoms with Crippen LogP contribution in [0.25, 0.3) is 6.08 Å². The Morgan fingerprint density at radius 2 is 1.77 bits per heavy atom. The number of methoxy groups -OCH3 is 1. The van der Waals surface area contributed by atoms with E-state index in [0.29, 0.717) is 10.5 Å². The van der Waals surface area contributed by atoms with Crippen LogP contribution in [0.1, 0.15) is 21.5 Å². The molecule has 0 saturated carbocycles. The van der Waals surface area contributed by atoms with E-state index in [-0.39, 0.29) is 17.7 Å². The lowest BCUT2D eigenvalue weighted by Crippen LogP contribution is -2.27. The smallest absolute Gasteiger partial charge is 0.337 e. The first-order chi connectivity index (χ1) is 12.5. The molecule has 2 amide bonds. The number of benzene rings is 2. The minimum atomic E-state index is -0.422. The highest BCUT2D eigenvalue weighted by Crippen LogP contribution is 2.33. The third-order valence-electron chi connectivity index (χ3n) is 3.76. The second kappa shape index (κ2) is 8.05. The number of ether oxygens (including phenoxy) is 1. The second-order valence-corrected chi connectivity index (χ2v) is 7.75. The molecule has 0 radical (unpaired) electrons. The van der Waals surface area contributed by atoms with Crippen molar-refractivity contribution in [1.29, 1.82) is 0 Å². The summed E-state index contributed by atoms with van der Waals surface area (Å²) in [5.74, 6) is -0.731. The summed E-state index contributed by atoms with van der Waals surface area (Å²) in [7, 11) is 1.32. The Labute approximate surface area is 168 Å². The van der Waals surface area contributed by atoms with Crippen molar-refractivity contribution in [3.8, 4) is 0 Å². The van der Waals surface area contributed by atoms with Gasteiger partial charge in [-0.25, -0.2) is 4.79 Å². The molecule has 0 N–H and O–H groups in total. The fraction of sp³-hybridized carbons (Fsp3) is 0.105. The van der Waals surface area contributed by atoms with Crippen molar-refractivity contribution in [2.75, 3.05) is 7.11 Å². The van der Waals surface area contributed by atoms with Gasteiger partial charge in [-0.15, -0.1) is 0 Å². The summed E-state index contributed by atoms with van der Waals surface area (Å²) in [6, 6.07) is 14.3. The van der Waals surface area contributed by atoms with Crippen LogP contribution >= 0.6 is 34.4 Å². The van der Waals surface area contributed by atoms with Crippen molar-refractivity contribution < 1.29 is 19.1 Å². The van der Waals surface area contributed by atoms with Crippen molar-refractivity contribution >= 4 is 57.5 Å². The first-order valence-corrected chi connectivity index (χ1v) is 9.55. The van der Waals surface area contributed by atoms with E-state index < -0.39 is 5.97 Å². The van der Waals surface area contributed by atoms with Crippen LogP contribution in [0.2, 0.25) is 0 Å². The Morgan fingerprint density at radius 1 is 1.12 bits per heavy atom. The van der Waals surface area contributed by atoms with E-state index >= 15 is 0 Å². The van der Waals surface area contributed by atoms with Crippen molar-refractivity contribution in [2.45, 2.75) is 6.54 Å². The monoisotopic (exact) mass is 479 g/mol. The molecule has 5 nitrogen and oxygen atoms in total. The normalized spacial score (nSPS) is 15.6. The molecule has 3 rings (SSSR count). The van der Waals surface area contributed by atoms with Crippen molar-refractivity contribution in [1.82, 2.24) is 4.90 Å². The number of nitrogens with zero attached hydrogens (tertiary/aromatic N) is 1. The lowest BCUT2D eigenvalue weighted by Gasteiger charge is -2.12. The van der Waals surface area contributed by atoms with Gasteiger partial charge in [0.1, 0.15) is 0 Å². The molecular formula is C19H14INO4S. The fourth-order valence-electron chi connectivity index (χ4n) is 2.39. The van der Waals surface area contributed by atoms with Gasteiger partial charge in [-0.1, -0.05) is 24.3 Å². The Kier molecular flexibility index (Phi) is 5.77. The first-order valence-electron chi connectivity index (χ1n) is 7.66. The molecule has 1 fully saturated rings. The summed E-state index contributed by atoms with van der Waals surface area (Å²) < 4.78 is 5.75. The molecule has 2 aromatic rings. The van der Waals surface area contributed by atoms with Gasteiger partial charge >= 0.3 is 5.97 Å². The van der Waals surface area contributed by atoms with Gasteiger partial charge < -0.3 is 4.74 Å². The minimum absolute atomic E-state index is 0.250. The zero-order valence-electron chi connectivity index (χ0n) is 13.8. The predicted molar refractivity (Wildman–Crippen MR) is 108 cm³/mol. The molecule has 2 aromatic carbocycles. The lowest BCUT2D eigenvalue weighted by atomic mass is 10.1. The molecular weight excluding hydrogens is 465 g/mol. The van der Waals surface area contributed by atoms with Gasteiger partial charge in [0.25, 0.3) is 11.1 Å². The number of thioether (sulfide) groups is 1. The van der Waals surface area contributed by atoms with Gasteiger partial charge in [-0.05, 0) is 75.8 Å². The van der Waals surface area contributed by atoms with Gasteiger partial charge in [0.05, 0.1) is 24.1 Å². The number of esters is 1. The molecule has 7 heteroatoms. The minimum Gasteiger partial charge on any atom is -0.465 e. The fourth-order valence-corrected chi connectivity index (χ4v) is 3.59. The molecule has 0 atom stereocenters. The molecule has 0 aliphatic carbocycles. The largest absolute Gasteiger partial charge is 0.465 e. The molecule has 1 aliphatic rings. The molecule has 26 heavy (non-hydrogen) atoms. The lowest BCUT2D eigenvalue weighted by molar-refractivity contribution is -0.123. The summed E-state index contributed by atoms with van der Waals surface area (Å²) >= 11 is 3.12. The predicted octanol–water partition coefficient (Wildman–Crippen LogP) is 4.31. The Morgan fingerprint density at radius 3 is 2.38 bits per heavy atom. The van der Waals surface area contributed by atoms with E-state index in [2.05, 4.69) is 27.3 Å². The molecule has 0 unspecified atom stereocenters. The van der Waals surface area contributed by atoms with Gasteiger partial charge in [-0.2, -0.15) is 0 Å². The number of carbonyl (C=O) groups is 3.